The number of benzene rings is 2. The number of rotatable bonds is 7. The summed E-state index contributed by atoms with van der Waals surface area (Å²) in [6, 6.07) is 12.7. The Morgan fingerprint density at radius 2 is 1.75 bits per heavy atom. The molecule has 6 nitrogen and oxygen atoms in total. The molecule has 3 rings (SSSR count). The van der Waals surface area contributed by atoms with E-state index in [1.165, 1.54) is 17.0 Å². The highest BCUT2D eigenvalue weighted by Gasteiger charge is 2.29. The van der Waals surface area contributed by atoms with Crippen molar-refractivity contribution in [3.63, 3.8) is 0 Å². The van der Waals surface area contributed by atoms with Gasteiger partial charge in [-0.1, -0.05) is 18.2 Å². The van der Waals surface area contributed by atoms with Crippen molar-refractivity contribution in [2.75, 3.05) is 17.7 Å². The van der Waals surface area contributed by atoms with Gasteiger partial charge in [0.25, 0.3) is 0 Å². The summed E-state index contributed by atoms with van der Waals surface area (Å²) in [5, 5.41) is 5.61. The topological polar surface area (TPSA) is 70.7 Å². The molecule has 1 aliphatic rings. The molecule has 3 amide bonds. The minimum Gasteiger partial charge on any atom is -0.435 e. The fourth-order valence-electron chi connectivity index (χ4n) is 2.61. The Kier molecular flexibility index (Phi) is 6.08. The standard InChI is InChI=1S/C20H21F2N3O3/c1-25(12-13-5-9-17(10-6-13)28-19(21)22)20(27)24-16-4-2-3-15(11-16)23-18(26)14-7-8-14/h2-6,9-11,14,19H,7-8,12H2,1H3,(H,23,26)(H,24,27). The van der Waals surface area contributed by atoms with E-state index in [0.29, 0.717) is 17.9 Å². The van der Waals surface area contributed by atoms with Crippen LogP contribution in [0, 0.1) is 5.92 Å². The van der Waals surface area contributed by atoms with E-state index < -0.39 is 6.61 Å². The van der Waals surface area contributed by atoms with E-state index in [9.17, 15) is 18.4 Å². The second-order valence-corrected chi connectivity index (χ2v) is 6.65. The second kappa shape index (κ2) is 8.69. The maximum atomic E-state index is 12.4. The lowest BCUT2D eigenvalue weighted by Gasteiger charge is -2.18. The average molecular weight is 389 g/mol. The first kappa shape index (κ1) is 19.6. The number of urea groups is 1. The Hall–Kier alpha value is -3.16. The normalized spacial score (nSPS) is 13.1. The number of alkyl halides is 2. The van der Waals surface area contributed by atoms with Gasteiger partial charge in [0.05, 0.1) is 0 Å². The lowest BCUT2D eigenvalue weighted by molar-refractivity contribution is -0.117. The highest BCUT2D eigenvalue weighted by Crippen LogP contribution is 2.30. The Labute approximate surface area is 161 Å². The van der Waals surface area contributed by atoms with Gasteiger partial charge in [0.2, 0.25) is 5.91 Å². The van der Waals surface area contributed by atoms with Gasteiger partial charge in [0, 0.05) is 30.9 Å². The maximum absolute atomic E-state index is 12.4. The van der Waals surface area contributed by atoms with Crippen LogP contribution in [0.2, 0.25) is 0 Å². The molecule has 0 radical (unpaired) electrons. The first-order chi connectivity index (χ1) is 13.4. The predicted octanol–water partition coefficient (Wildman–Crippen LogP) is 4.30. The molecule has 148 valence electrons. The molecule has 0 aromatic heterocycles. The number of hydrogen-bond donors (Lipinski definition) is 2. The van der Waals surface area contributed by atoms with Crippen molar-refractivity contribution in [2.45, 2.75) is 26.0 Å². The number of carbonyl (C=O) groups excluding carboxylic acids is 2. The summed E-state index contributed by atoms with van der Waals surface area (Å²) in [6.07, 6.45) is 1.84. The molecule has 0 heterocycles. The molecule has 0 bridgehead atoms. The van der Waals surface area contributed by atoms with Crippen LogP contribution in [0.15, 0.2) is 48.5 Å². The van der Waals surface area contributed by atoms with Crippen LogP contribution in [-0.4, -0.2) is 30.5 Å². The SMILES string of the molecule is CN(Cc1ccc(OC(F)F)cc1)C(=O)Nc1cccc(NC(=O)C2CC2)c1. The third-order valence-electron chi connectivity index (χ3n) is 4.24. The smallest absolute Gasteiger partial charge is 0.387 e. The molecule has 0 atom stereocenters. The molecule has 2 aromatic carbocycles. The van der Waals surface area contributed by atoms with Crippen LogP contribution >= 0.6 is 0 Å². The monoisotopic (exact) mass is 389 g/mol. The van der Waals surface area contributed by atoms with Crippen molar-refractivity contribution >= 4 is 23.3 Å². The van der Waals surface area contributed by atoms with Gasteiger partial charge in [0.15, 0.2) is 0 Å². The molecule has 0 aliphatic heterocycles. The van der Waals surface area contributed by atoms with E-state index in [0.717, 1.165) is 18.4 Å². The molecule has 28 heavy (non-hydrogen) atoms. The maximum Gasteiger partial charge on any atom is 0.387 e. The van der Waals surface area contributed by atoms with Crippen molar-refractivity contribution in [3.05, 3.63) is 54.1 Å². The first-order valence-electron chi connectivity index (χ1n) is 8.87. The van der Waals surface area contributed by atoms with Crippen molar-refractivity contribution in [1.82, 2.24) is 4.90 Å². The summed E-state index contributed by atoms with van der Waals surface area (Å²) in [6.45, 7) is -2.58. The lowest BCUT2D eigenvalue weighted by atomic mass is 10.2. The molecule has 1 saturated carbocycles. The van der Waals surface area contributed by atoms with Crippen LogP contribution < -0.4 is 15.4 Å². The van der Waals surface area contributed by atoms with Gasteiger partial charge in [-0.05, 0) is 48.7 Å². The quantitative estimate of drug-likeness (QED) is 0.742. The molecule has 0 spiro atoms. The van der Waals surface area contributed by atoms with Crippen LogP contribution in [0.1, 0.15) is 18.4 Å². The summed E-state index contributed by atoms with van der Waals surface area (Å²) in [5.41, 5.74) is 1.96. The van der Waals surface area contributed by atoms with Gasteiger partial charge < -0.3 is 20.3 Å². The van der Waals surface area contributed by atoms with E-state index in [1.807, 2.05) is 0 Å². The highest BCUT2D eigenvalue weighted by molar-refractivity contribution is 5.95. The van der Waals surface area contributed by atoms with Gasteiger partial charge in [-0.2, -0.15) is 8.78 Å². The van der Waals surface area contributed by atoms with Crippen molar-refractivity contribution in [3.8, 4) is 5.75 Å². The molecule has 0 unspecified atom stereocenters. The highest BCUT2D eigenvalue weighted by atomic mass is 19.3. The number of halogens is 2. The van der Waals surface area contributed by atoms with Crippen LogP contribution in [0.5, 0.6) is 5.75 Å². The minimum atomic E-state index is -2.87. The molecular formula is C20H21F2N3O3. The number of carbonyl (C=O) groups is 2. The number of ether oxygens (including phenoxy) is 1. The van der Waals surface area contributed by atoms with E-state index >= 15 is 0 Å². The van der Waals surface area contributed by atoms with Crippen LogP contribution in [-0.2, 0) is 11.3 Å². The fourth-order valence-corrected chi connectivity index (χ4v) is 2.61. The predicted molar refractivity (Wildman–Crippen MR) is 101 cm³/mol. The van der Waals surface area contributed by atoms with E-state index in [2.05, 4.69) is 15.4 Å². The number of anilines is 2. The molecule has 2 N–H and O–H groups in total. The molecule has 8 heteroatoms. The zero-order valence-corrected chi connectivity index (χ0v) is 15.3. The summed E-state index contributed by atoms with van der Waals surface area (Å²) in [4.78, 5) is 25.7. The van der Waals surface area contributed by atoms with E-state index in [-0.39, 0.29) is 23.6 Å². The second-order valence-electron chi connectivity index (χ2n) is 6.65. The molecule has 2 aromatic rings. The molecule has 0 saturated heterocycles. The Morgan fingerprint density at radius 3 is 2.36 bits per heavy atom. The Bertz CT molecular complexity index is 839. The van der Waals surface area contributed by atoms with Crippen LogP contribution in [0.3, 0.4) is 0 Å². The number of nitrogens with zero attached hydrogens (tertiary/aromatic N) is 1. The largest absolute Gasteiger partial charge is 0.435 e. The first-order valence-corrected chi connectivity index (χ1v) is 8.87. The number of nitrogens with one attached hydrogen (secondary N) is 2. The van der Waals surface area contributed by atoms with Crippen molar-refractivity contribution < 1.29 is 23.1 Å². The summed E-state index contributed by atoms with van der Waals surface area (Å²) < 4.78 is 28.7. The number of amides is 3. The molecule has 1 fully saturated rings. The third kappa shape index (κ3) is 5.67. The zero-order valence-electron chi connectivity index (χ0n) is 15.3. The molecule has 1 aliphatic carbocycles. The molecular weight excluding hydrogens is 368 g/mol. The fraction of sp³-hybridized carbons (Fsp3) is 0.300. The van der Waals surface area contributed by atoms with Crippen LogP contribution in [0.25, 0.3) is 0 Å². The zero-order chi connectivity index (χ0) is 20.1. The summed E-state index contributed by atoms with van der Waals surface area (Å²) in [5.74, 6) is 0.164. The van der Waals surface area contributed by atoms with Gasteiger partial charge >= 0.3 is 12.6 Å². The van der Waals surface area contributed by atoms with Gasteiger partial charge in [0.1, 0.15) is 5.75 Å². The lowest BCUT2D eigenvalue weighted by Crippen LogP contribution is -2.30. The van der Waals surface area contributed by atoms with Gasteiger partial charge in [-0.25, -0.2) is 4.79 Å². The minimum absolute atomic E-state index is 0.000127. The van der Waals surface area contributed by atoms with Crippen LogP contribution in [0.4, 0.5) is 25.0 Å². The van der Waals surface area contributed by atoms with Crippen molar-refractivity contribution in [1.29, 1.82) is 0 Å². The Balaban J connectivity index is 1.54. The average Bonchev–Trinajstić information content (AvgIpc) is 3.48. The summed E-state index contributed by atoms with van der Waals surface area (Å²) >= 11 is 0. The summed E-state index contributed by atoms with van der Waals surface area (Å²) in [7, 11) is 1.62. The Morgan fingerprint density at radius 1 is 1.11 bits per heavy atom. The van der Waals surface area contributed by atoms with Gasteiger partial charge in [-0.15, -0.1) is 0 Å². The van der Waals surface area contributed by atoms with Gasteiger partial charge in [-0.3, -0.25) is 4.79 Å². The van der Waals surface area contributed by atoms with E-state index in [1.54, 1.807) is 43.4 Å². The van der Waals surface area contributed by atoms with Crippen molar-refractivity contribution in [2.24, 2.45) is 5.92 Å². The van der Waals surface area contributed by atoms with E-state index in [4.69, 9.17) is 0 Å². The number of hydrogen-bond acceptors (Lipinski definition) is 3. The third-order valence-corrected chi connectivity index (χ3v) is 4.24.